The van der Waals surface area contributed by atoms with Crippen LogP contribution in [0.4, 0.5) is 28.8 Å². The summed E-state index contributed by atoms with van der Waals surface area (Å²) in [6, 6.07) is 21.4. The highest BCUT2D eigenvalue weighted by Gasteiger charge is 2.29. The third kappa shape index (κ3) is 7.37. The van der Waals surface area contributed by atoms with Gasteiger partial charge in [0.15, 0.2) is 9.84 Å². The Morgan fingerprint density at radius 2 is 1.67 bits per heavy atom. The van der Waals surface area contributed by atoms with E-state index in [0.29, 0.717) is 29.2 Å². The zero-order valence-corrected chi connectivity index (χ0v) is 28.1. The third-order valence-corrected chi connectivity index (χ3v) is 10.2. The number of nitrogens with one attached hydrogen (secondary N) is 2. The van der Waals surface area contributed by atoms with Gasteiger partial charge in [0.05, 0.1) is 28.9 Å². The van der Waals surface area contributed by atoms with Crippen LogP contribution in [0, 0.1) is 5.92 Å². The van der Waals surface area contributed by atoms with E-state index < -0.39 is 9.84 Å². The second-order valence-electron chi connectivity index (χ2n) is 12.8. The molecule has 3 heterocycles. The molecule has 4 aromatic rings. The summed E-state index contributed by atoms with van der Waals surface area (Å²) in [5.74, 6) is 2.35. The molecule has 2 fully saturated rings. The lowest BCUT2D eigenvalue weighted by Crippen LogP contribution is -2.49. The van der Waals surface area contributed by atoms with Gasteiger partial charge in [0.2, 0.25) is 5.95 Å². The molecule has 244 valence electrons. The van der Waals surface area contributed by atoms with E-state index in [1.54, 1.807) is 31.4 Å². The lowest BCUT2D eigenvalue weighted by molar-refractivity contribution is 0.0950. The first kappa shape index (κ1) is 32.0. The number of aromatic nitrogens is 2. The minimum absolute atomic E-state index is 0.206. The van der Waals surface area contributed by atoms with Gasteiger partial charge in [-0.15, -0.1) is 0 Å². The molecule has 3 aromatic carbocycles. The number of para-hydroxylation sites is 2. The van der Waals surface area contributed by atoms with Crippen LogP contribution in [0.1, 0.15) is 25.7 Å². The molecule has 2 N–H and O–H groups in total. The van der Waals surface area contributed by atoms with Crippen molar-refractivity contribution in [3.05, 3.63) is 66.7 Å². The molecule has 46 heavy (non-hydrogen) atoms. The van der Waals surface area contributed by atoms with Crippen LogP contribution in [0.15, 0.2) is 71.6 Å². The van der Waals surface area contributed by atoms with Crippen molar-refractivity contribution in [1.29, 1.82) is 0 Å². The number of methoxy groups -OCH3 is 1. The number of anilines is 5. The van der Waals surface area contributed by atoms with E-state index in [-0.39, 0.29) is 4.90 Å². The Bertz CT molecular complexity index is 1770. The average molecular weight is 644 g/mol. The molecule has 1 aromatic heterocycles. The number of sulfone groups is 1. The minimum atomic E-state index is -3.45. The molecule has 0 spiro atoms. The second-order valence-corrected chi connectivity index (χ2v) is 14.8. The number of ether oxygens (including phenoxy) is 1. The van der Waals surface area contributed by atoms with Crippen LogP contribution in [0.2, 0.25) is 0 Å². The summed E-state index contributed by atoms with van der Waals surface area (Å²) in [6.07, 6.45) is 6.18. The molecular formula is C35H45N7O3S. The van der Waals surface area contributed by atoms with Gasteiger partial charge in [0, 0.05) is 55.6 Å². The number of rotatable bonds is 10. The molecule has 0 saturated carbocycles. The number of hydrogen-bond acceptors (Lipinski definition) is 10. The molecule has 6 rings (SSSR count). The smallest absolute Gasteiger partial charge is 0.229 e. The van der Waals surface area contributed by atoms with Crippen LogP contribution in [0.5, 0.6) is 5.75 Å². The summed E-state index contributed by atoms with van der Waals surface area (Å²) in [7, 11) is 2.59. The molecule has 2 aliphatic heterocycles. The Morgan fingerprint density at radius 3 is 2.43 bits per heavy atom. The maximum Gasteiger partial charge on any atom is 0.229 e. The van der Waals surface area contributed by atoms with Gasteiger partial charge in [-0.3, -0.25) is 4.90 Å². The summed E-state index contributed by atoms with van der Waals surface area (Å²) >= 11 is 0. The summed E-state index contributed by atoms with van der Waals surface area (Å²) in [5, 5.41) is 7.38. The van der Waals surface area contributed by atoms with Crippen LogP contribution in [0.3, 0.4) is 0 Å². The van der Waals surface area contributed by atoms with Gasteiger partial charge in [0.1, 0.15) is 11.6 Å². The molecule has 2 aliphatic rings. The maximum absolute atomic E-state index is 12.5. The summed E-state index contributed by atoms with van der Waals surface area (Å²) in [5.41, 5.74) is 3.07. The van der Waals surface area contributed by atoms with Crippen LogP contribution < -0.4 is 20.3 Å². The van der Waals surface area contributed by atoms with E-state index in [0.717, 1.165) is 41.3 Å². The van der Waals surface area contributed by atoms with Gasteiger partial charge in [-0.1, -0.05) is 24.3 Å². The second kappa shape index (κ2) is 13.8. The van der Waals surface area contributed by atoms with Gasteiger partial charge in [-0.2, -0.15) is 4.98 Å². The Kier molecular flexibility index (Phi) is 9.62. The molecule has 0 bridgehead atoms. The minimum Gasteiger partial charge on any atom is -0.494 e. The summed E-state index contributed by atoms with van der Waals surface area (Å²) in [4.78, 5) is 17.3. The molecular weight excluding hydrogens is 598 g/mol. The SMILES string of the molecule is COc1cc(N2CCC(N3CCCC(CN(C)C)C3)CC2)ccc1Nc1nc(Nc2ccccc2S(C)(=O)=O)c2ccccc2n1. The molecule has 11 heteroatoms. The predicted molar refractivity (Wildman–Crippen MR) is 187 cm³/mol. The first-order valence-corrected chi connectivity index (χ1v) is 18.0. The monoisotopic (exact) mass is 643 g/mol. The van der Waals surface area contributed by atoms with Crippen molar-refractivity contribution in [1.82, 2.24) is 19.8 Å². The number of likely N-dealkylation sites (tertiary alicyclic amines) is 1. The van der Waals surface area contributed by atoms with E-state index in [2.05, 4.69) is 51.6 Å². The van der Waals surface area contributed by atoms with Crippen LogP contribution in [0.25, 0.3) is 10.9 Å². The topological polar surface area (TPSA) is 103 Å². The molecule has 0 radical (unpaired) electrons. The molecule has 0 aliphatic carbocycles. The maximum atomic E-state index is 12.5. The molecule has 1 unspecified atom stereocenters. The van der Waals surface area contributed by atoms with Crippen LogP contribution in [-0.4, -0.2) is 94.4 Å². The van der Waals surface area contributed by atoms with E-state index in [9.17, 15) is 8.42 Å². The highest BCUT2D eigenvalue weighted by atomic mass is 32.2. The molecule has 10 nitrogen and oxygen atoms in total. The highest BCUT2D eigenvalue weighted by molar-refractivity contribution is 7.90. The Balaban J connectivity index is 1.18. The van der Waals surface area contributed by atoms with Crippen molar-refractivity contribution in [2.45, 2.75) is 36.6 Å². The predicted octanol–water partition coefficient (Wildman–Crippen LogP) is 5.77. The fourth-order valence-corrected chi connectivity index (χ4v) is 7.78. The van der Waals surface area contributed by atoms with E-state index in [1.165, 1.54) is 51.6 Å². The zero-order chi connectivity index (χ0) is 32.3. The first-order valence-electron chi connectivity index (χ1n) is 16.1. The van der Waals surface area contributed by atoms with E-state index in [1.807, 2.05) is 30.3 Å². The van der Waals surface area contributed by atoms with Crippen molar-refractivity contribution in [2.24, 2.45) is 5.92 Å². The Hall–Kier alpha value is -3.93. The summed E-state index contributed by atoms with van der Waals surface area (Å²) in [6.45, 7) is 5.66. The fourth-order valence-electron chi connectivity index (χ4n) is 6.93. The lowest BCUT2D eigenvalue weighted by atomic mass is 9.93. The zero-order valence-electron chi connectivity index (χ0n) is 27.2. The number of benzene rings is 3. The normalized spacial score (nSPS) is 18.2. The van der Waals surface area contributed by atoms with Gasteiger partial charge in [-0.05, 0) is 88.6 Å². The Morgan fingerprint density at radius 1 is 0.913 bits per heavy atom. The number of nitrogens with zero attached hydrogens (tertiary/aromatic N) is 5. The van der Waals surface area contributed by atoms with E-state index in [4.69, 9.17) is 14.7 Å². The molecule has 2 saturated heterocycles. The summed E-state index contributed by atoms with van der Waals surface area (Å²) < 4.78 is 30.7. The number of hydrogen-bond donors (Lipinski definition) is 2. The fraction of sp³-hybridized carbons (Fsp3) is 0.429. The number of piperidine rings is 2. The van der Waals surface area contributed by atoms with Gasteiger partial charge >= 0.3 is 0 Å². The van der Waals surface area contributed by atoms with Crippen molar-refractivity contribution >= 4 is 49.6 Å². The molecule has 0 amide bonds. The average Bonchev–Trinajstić information content (AvgIpc) is 3.05. The van der Waals surface area contributed by atoms with Crippen LogP contribution >= 0.6 is 0 Å². The number of fused-ring (bicyclic) bond motifs is 1. The van der Waals surface area contributed by atoms with E-state index >= 15 is 0 Å². The van der Waals surface area contributed by atoms with Crippen molar-refractivity contribution < 1.29 is 13.2 Å². The third-order valence-electron chi connectivity index (χ3n) is 9.09. The lowest BCUT2D eigenvalue weighted by Gasteiger charge is -2.43. The van der Waals surface area contributed by atoms with Gasteiger partial charge in [0.25, 0.3) is 0 Å². The largest absolute Gasteiger partial charge is 0.494 e. The van der Waals surface area contributed by atoms with Crippen molar-refractivity contribution in [3.63, 3.8) is 0 Å². The van der Waals surface area contributed by atoms with Gasteiger partial charge < -0.3 is 25.2 Å². The Labute approximate surface area is 272 Å². The standard InChI is InChI=1S/C35H45N7O3S/c1-40(2)23-25-10-9-19-42(24-25)26-17-20-41(21-18-26)27-15-16-30(32(22-27)45-3)38-35-37-29-12-6-5-11-28(29)34(39-35)36-31-13-7-8-14-33(31)46(4,43)44/h5-8,11-16,22,25-26H,9-10,17-21,23-24H2,1-4H3,(H2,36,37,38,39). The molecule has 1 atom stereocenters. The first-order chi connectivity index (χ1) is 22.2. The highest BCUT2D eigenvalue weighted by Crippen LogP contribution is 2.35. The van der Waals surface area contributed by atoms with Crippen molar-refractivity contribution in [2.75, 3.05) is 75.7 Å². The quantitative estimate of drug-likeness (QED) is 0.221. The van der Waals surface area contributed by atoms with Crippen molar-refractivity contribution in [3.8, 4) is 5.75 Å². The van der Waals surface area contributed by atoms with Crippen LogP contribution in [-0.2, 0) is 9.84 Å². The van der Waals surface area contributed by atoms with Gasteiger partial charge in [-0.25, -0.2) is 13.4 Å².